The topological polar surface area (TPSA) is 90.0 Å². The summed E-state index contributed by atoms with van der Waals surface area (Å²) in [4.78, 5) is 41.8. The summed E-state index contributed by atoms with van der Waals surface area (Å²) in [6.45, 7) is 1.63. The molecule has 0 spiro atoms. The first-order valence-electron chi connectivity index (χ1n) is 12.4. The molecule has 0 aromatic heterocycles. The number of hydrogen-bond acceptors (Lipinski definition) is 4. The molecule has 2 heterocycles. The van der Waals surface area contributed by atoms with Crippen LogP contribution in [-0.4, -0.2) is 46.9 Å². The molecule has 0 bridgehead atoms. The van der Waals surface area contributed by atoms with Crippen molar-refractivity contribution in [3.05, 3.63) is 94.5 Å². The summed E-state index contributed by atoms with van der Waals surface area (Å²) < 4.78 is 0. The Kier molecular flexibility index (Phi) is 7.15. The molecule has 3 aromatic carbocycles. The van der Waals surface area contributed by atoms with Gasteiger partial charge in [-0.1, -0.05) is 48.0 Å². The smallest absolute Gasteiger partial charge is 0.335 e. The molecule has 0 aliphatic carbocycles. The van der Waals surface area contributed by atoms with Crippen LogP contribution in [-0.2, 0) is 22.6 Å². The molecule has 1 fully saturated rings. The van der Waals surface area contributed by atoms with E-state index in [2.05, 4.69) is 22.3 Å². The second-order valence-electron chi connectivity index (χ2n) is 9.58. The molecule has 7 nitrogen and oxygen atoms in total. The van der Waals surface area contributed by atoms with Crippen molar-refractivity contribution in [2.75, 3.05) is 23.3 Å². The lowest BCUT2D eigenvalue weighted by Gasteiger charge is -2.36. The highest BCUT2D eigenvalue weighted by Gasteiger charge is 2.38. The molecule has 0 saturated carbocycles. The van der Waals surface area contributed by atoms with Crippen LogP contribution in [0.4, 0.5) is 11.4 Å². The van der Waals surface area contributed by atoms with E-state index >= 15 is 0 Å². The number of amides is 2. The van der Waals surface area contributed by atoms with Gasteiger partial charge in [-0.15, -0.1) is 0 Å². The van der Waals surface area contributed by atoms with Crippen LogP contribution in [0, 0.1) is 5.92 Å². The van der Waals surface area contributed by atoms with Crippen LogP contribution < -0.4 is 10.2 Å². The number of para-hydroxylation sites is 1. The van der Waals surface area contributed by atoms with Gasteiger partial charge in [0.25, 0.3) is 0 Å². The number of carbonyl (C=O) groups is 3. The van der Waals surface area contributed by atoms with Crippen molar-refractivity contribution >= 4 is 40.8 Å². The monoisotopic (exact) mass is 517 g/mol. The van der Waals surface area contributed by atoms with E-state index in [0.29, 0.717) is 49.6 Å². The Morgan fingerprint density at radius 2 is 1.68 bits per heavy atom. The number of anilines is 2. The fourth-order valence-electron chi connectivity index (χ4n) is 5.20. The highest BCUT2D eigenvalue weighted by molar-refractivity contribution is 6.30. The van der Waals surface area contributed by atoms with Gasteiger partial charge in [-0.2, -0.15) is 0 Å². The Balaban J connectivity index is 1.23. The van der Waals surface area contributed by atoms with Crippen LogP contribution in [0.2, 0.25) is 5.02 Å². The number of nitrogens with zero attached hydrogens (tertiary/aromatic N) is 2. The van der Waals surface area contributed by atoms with Crippen LogP contribution >= 0.6 is 11.6 Å². The van der Waals surface area contributed by atoms with E-state index in [4.69, 9.17) is 11.6 Å². The third-order valence-corrected chi connectivity index (χ3v) is 7.45. The number of fused-ring (bicyclic) bond motifs is 1. The Bertz CT molecular complexity index is 1320. The van der Waals surface area contributed by atoms with Crippen molar-refractivity contribution in [3.8, 4) is 0 Å². The van der Waals surface area contributed by atoms with Crippen molar-refractivity contribution in [3.63, 3.8) is 0 Å². The van der Waals surface area contributed by atoms with Gasteiger partial charge in [0.2, 0.25) is 11.8 Å². The summed E-state index contributed by atoms with van der Waals surface area (Å²) in [7, 11) is 0. The minimum absolute atomic E-state index is 0.0816. The van der Waals surface area contributed by atoms with Gasteiger partial charge in [0.1, 0.15) is 6.04 Å². The molecule has 0 radical (unpaired) electrons. The van der Waals surface area contributed by atoms with Gasteiger partial charge in [0.05, 0.1) is 5.56 Å². The first-order chi connectivity index (χ1) is 17.9. The number of hydrogen-bond donors (Lipinski definition) is 2. The van der Waals surface area contributed by atoms with Crippen molar-refractivity contribution in [2.45, 2.75) is 31.8 Å². The molecule has 2 amide bonds. The largest absolute Gasteiger partial charge is 0.478 e. The first kappa shape index (κ1) is 24.8. The van der Waals surface area contributed by atoms with E-state index < -0.39 is 5.97 Å². The number of piperidine rings is 1. The minimum Gasteiger partial charge on any atom is -0.478 e. The van der Waals surface area contributed by atoms with Crippen molar-refractivity contribution in [2.24, 2.45) is 5.92 Å². The second-order valence-corrected chi connectivity index (χ2v) is 10.0. The number of carbonyl (C=O) groups excluding carboxylic acids is 2. The normalized spacial score (nSPS) is 17.4. The van der Waals surface area contributed by atoms with E-state index in [1.54, 1.807) is 12.1 Å². The van der Waals surface area contributed by atoms with E-state index in [-0.39, 0.29) is 29.3 Å². The molecule has 190 valence electrons. The SMILES string of the molecule is O=C(O)c1cccc(NC(=O)C2CCN(C(=O)C3Cc4ccccc4N3Cc3ccc(Cl)cc3)CC2)c1. The Morgan fingerprint density at radius 3 is 2.41 bits per heavy atom. The van der Waals surface area contributed by atoms with Gasteiger partial charge < -0.3 is 20.2 Å². The van der Waals surface area contributed by atoms with Crippen LogP contribution in [0.3, 0.4) is 0 Å². The molecule has 1 unspecified atom stereocenters. The average molecular weight is 518 g/mol. The van der Waals surface area contributed by atoms with Gasteiger partial charge >= 0.3 is 5.97 Å². The fourth-order valence-corrected chi connectivity index (χ4v) is 5.33. The lowest BCUT2D eigenvalue weighted by Crippen LogP contribution is -2.50. The Morgan fingerprint density at radius 1 is 0.946 bits per heavy atom. The summed E-state index contributed by atoms with van der Waals surface area (Å²) >= 11 is 6.06. The van der Waals surface area contributed by atoms with E-state index in [9.17, 15) is 19.5 Å². The summed E-state index contributed by atoms with van der Waals surface area (Å²) in [5, 5.41) is 12.7. The van der Waals surface area contributed by atoms with E-state index in [1.807, 2.05) is 41.3 Å². The lowest BCUT2D eigenvalue weighted by molar-refractivity contribution is -0.135. The van der Waals surface area contributed by atoms with Gasteiger partial charge in [0.15, 0.2) is 0 Å². The minimum atomic E-state index is -1.04. The zero-order valence-electron chi connectivity index (χ0n) is 20.3. The van der Waals surface area contributed by atoms with Gasteiger partial charge in [-0.25, -0.2) is 4.79 Å². The number of benzene rings is 3. The highest BCUT2D eigenvalue weighted by Crippen LogP contribution is 2.35. The maximum Gasteiger partial charge on any atom is 0.335 e. The average Bonchev–Trinajstić information content (AvgIpc) is 3.28. The predicted molar refractivity (Wildman–Crippen MR) is 143 cm³/mol. The molecule has 1 atom stereocenters. The van der Waals surface area contributed by atoms with Crippen molar-refractivity contribution in [1.29, 1.82) is 0 Å². The third kappa shape index (κ3) is 5.47. The summed E-state index contributed by atoms with van der Waals surface area (Å²) in [5.74, 6) is -1.34. The number of rotatable bonds is 6. The lowest BCUT2D eigenvalue weighted by atomic mass is 9.95. The molecular weight excluding hydrogens is 490 g/mol. The highest BCUT2D eigenvalue weighted by atomic mass is 35.5. The van der Waals surface area contributed by atoms with Gasteiger partial charge in [-0.05, 0) is 60.4 Å². The molecule has 37 heavy (non-hydrogen) atoms. The summed E-state index contributed by atoms with van der Waals surface area (Å²) in [6, 6.07) is 21.8. The maximum atomic E-state index is 13.7. The zero-order valence-corrected chi connectivity index (χ0v) is 21.0. The van der Waals surface area contributed by atoms with E-state index in [1.165, 1.54) is 12.1 Å². The first-order valence-corrected chi connectivity index (χ1v) is 12.8. The van der Waals surface area contributed by atoms with Crippen molar-refractivity contribution < 1.29 is 19.5 Å². The van der Waals surface area contributed by atoms with Crippen LogP contribution in [0.25, 0.3) is 0 Å². The number of nitrogens with one attached hydrogen (secondary N) is 1. The second kappa shape index (κ2) is 10.6. The molecule has 2 aliphatic heterocycles. The third-order valence-electron chi connectivity index (χ3n) is 7.20. The number of carboxylic acid groups (broad SMARTS) is 1. The molecule has 8 heteroatoms. The predicted octanol–water partition coefficient (Wildman–Crippen LogP) is 4.85. The number of aromatic carboxylic acids is 1. The number of halogens is 1. The zero-order chi connectivity index (χ0) is 25.9. The standard InChI is InChI=1S/C29H28ClN3O4/c30-23-10-8-19(9-11-23)18-33-25-7-2-1-4-21(25)17-26(33)28(35)32-14-12-20(13-15-32)27(34)31-24-6-3-5-22(16-24)29(36)37/h1-11,16,20,26H,12-15,17-18H2,(H,31,34)(H,36,37). The summed E-state index contributed by atoms with van der Waals surface area (Å²) in [6.07, 6.45) is 1.78. The van der Waals surface area contributed by atoms with E-state index in [0.717, 1.165) is 16.8 Å². The molecule has 1 saturated heterocycles. The molecular formula is C29H28ClN3O4. The fraction of sp³-hybridized carbons (Fsp3) is 0.276. The number of likely N-dealkylation sites (tertiary alicyclic amines) is 1. The maximum absolute atomic E-state index is 13.7. The van der Waals surface area contributed by atoms with Crippen LogP contribution in [0.15, 0.2) is 72.8 Å². The Hall–Kier alpha value is -3.84. The molecule has 5 rings (SSSR count). The molecule has 2 N–H and O–H groups in total. The van der Waals surface area contributed by atoms with Crippen LogP contribution in [0.5, 0.6) is 0 Å². The van der Waals surface area contributed by atoms with Gasteiger partial charge in [0, 0.05) is 48.4 Å². The van der Waals surface area contributed by atoms with Crippen LogP contribution in [0.1, 0.15) is 34.3 Å². The van der Waals surface area contributed by atoms with Crippen molar-refractivity contribution in [1.82, 2.24) is 4.90 Å². The molecule has 2 aliphatic rings. The quantitative estimate of drug-likeness (QED) is 0.488. The molecule has 3 aromatic rings. The van der Waals surface area contributed by atoms with Gasteiger partial charge in [-0.3, -0.25) is 9.59 Å². The Labute approximate surface area is 220 Å². The summed E-state index contributed by atoms with van der Waals surface area (Å²) in [5.41, 5.74) is 3.91. The number of carboxylic acids is 1.